The Balaban J connectivity index is 2.52. The zero-order chi connectivity index (χ0) is 13.1. The predicted molar refractivity (Wildman–Crippen MR) is 73.8 cm³/mol. The molecule has 0 spiro atoms. The van der Waals surface area contributed by atoms with E-state index in [1.807, 2.05) is 30.3 Å². The number of hydrogen-bond donors (Lipinski definition) is 1. The Morgan fingerprint density at radius 1 is 1.11 bits per heavy atom. The predicted octanol–water partition coefficient (Wildman–Crippen LogP) is 3.82. The van der Waals surface area contributed by atoms with Crippen LogP contribution in [0.1, 0.15) is 21.5 Å². The smallest absolute Gasteiger partial charge is 0.153 e. The third kappa shape index (κ3) is 2.18. The van der Waals surface area contributed by atoms with Gasteiger partial charge in [0.1, 0.15) is 5.75 Å². The number of aryl methyl sites for hydroxylation is 1. The lowest BCUT2D eigenvalue weighted by Gasteiger charge is -2.07. The Bertz CT molecular complexity index is 595. The number of aromatic hydroxyl groups is 1. The molecule has 0 saturated heterocycles. The molecule has 0 unspecified atom stereocenters. The van der Waals surface area contributed by atoms with Crippen LogP contribution in [0.25, 0.3) is 17.2 Å². The summed E-state index contributed by atoms with van der Waals surface area (Å²) < 4.78 is 0. The molecule has 0 fully saturated rings. The summed E-state index contributed by atoms with van der Waals surface area (Å²) in [7, 11) is 0. The van der Waals surface area contributed by atoms with Crippen LogP contribution in [0.5, 0.6) is 5.75 Å². The summed E-state index contributed by atoms with van der Waals surface area (Å²) >= 11 is 0. The molecule has 0 aromatic heterocycles. The molecule has 2 aromatic carbocycles. The number of aldehydes is 1. The molecule has 2 aromatic rings. The fraction of sp³-hybridized carbons (Fsp3) is 0.0625. The summed E-state index contributed by atoms with van der Waals surface area (Å²) in [5.74, 6) is 0.0523. The maximum atomic E-state index is 10.9. The van der Waals surface area contributed by atoms with Gasteiger partial charge in [-0.05, 0) is 41.3 Å². The molecule has 1 N–H and O–H groups in total. The second kappa shape index (κ2) is 4.88. The van der Waals surface area contributed by atoms with Crippen molar-refractivity contribution in [3.63, 3.8) is 0 Å². The van der Waals surface area contributed by atoms with E-state index in [2.05, 4.69) is 6.58 Å². The molecular weight excluding hydrogens is 224 g/mol. The fourth-order valence-corrected chi connectivity index (χ4v) is 1.87. The first-order valence-electron chi connectivity index (χ1n) is 5.67. The molecule has 0 bridgehead atoms. The largest absolute Gasteiger partial charge is 0.507 e. The number of benzene rings is 2. The zero-order valence-electron chi connectivity index (χ0n) is 10.2. The molecule has 2 nitrogen and oxygen atoms in total. The SMILES string of the molecule is C=Cc1ccc(-c2cc(C)c(O)c(C=O)c2)cc1. The van der Waals surface area contributed by atoms with E-state index in [4.69, 9.17) is 0 Å². The van der Waals surface area contributed by atoms with E-state index in [1.165, 1.54) is 0 Å². The summed E-state index contributed by atoms with van der Waals surface area (Å²) in [6.45, 7) is 5.49. The number of phenolic OH excluding ortho intramolecular Hbond substituents is 1. The van der Waals surface area contributed by atoms with Crippen molar-refractivity contribution in [2.45, 2.75) is 6.92 Å². The Kier molecular flexibility index (Phi) is 3.28. The minimum atomic E-state index is 0.0523. The van der Waals surface area contributed by atoms with Gasteiger partial charge in [0.05, 0.1) is 5.56 Å². The summed E-state index contributed by atoms with van der Waals surface area (Å²) in [5, 5.41) is 9.71. The van der Waals surface area contributed by atoms with E-state index in [-0.39, 0.29) is 5.75 Å². The molecule has 0 amide bonds. The number of carbonyl (C=O) groups is 1. The number of hydrogen-bond acceptors (Lipinski definition) is 2. The monoisotopic (exact) mass is 238 g/mol. The fourth-order valence-electron chi connectivity index (χ4n) is 1.87. The van der Waals surface area contributed by atoms with Gasteiger partial charge in [-0.15, -0.1) is 0 Å². The first-order valence-corrected chi connectivity index (χ1v) is 5.67. The maximum Gasteiger partial charge on any atom is 0.153 e. The van der Waals surface area contributed by atoms with E-state index in [0.29, 0.717) is 17.4 Å². The van der Waals surface area contributed by atoms with Gasteiger partial charge in [-0.1, -0.05) is 36.9 Å². The highest BCUT2D eigenvalue weighted by atomic mass is 16.3. The van der Waals surface area contributed by atoms with Gasteiger partial charge in [0.2, 0.25) is 0 Å². The molecule has 0 saturated carbocycles. The van der Waals surface area contributed by atoms with Crippen LogP contribution >= 0.6 is 0 Å². The maximum absolute atomic E-state index is 10.9. The van der Waals surface area contributed by atoms with Crippen molar-refractivity contribution in [3.05, 3.63) is 59.7 Å². The van der Waals surface area contributed by atoms with Gasteiger partial charge in [0.15, 0.2) is 6.29 Å². The van der Waals surface area contributed by atoms with Crippen molar-refractivity contribution in [3.8, 4) is 16.9 Å². The van der Waals surface area contributed by atoms with Crippen LogP contribution in [0.2, 0.25) is 0 Å². The van der Waals surface area contributed by atoms with Crippen LogP contribution in [0.4, 0.5) is 0 Å². The van der Waals surface area contributed by atoms with Crippen LogP contribution in [0.15, 0.2) is 43.0 Å². The average molecular weight is 238 g/mol. The lowest BCUT2D eigenvalue weighted by atomic mass is 9.99. The topological polar surface area (TPSA) is 37.3 Å². The lowest BCUT2D eigenvalue weighted by molar-refractivity contribution is 0.112. The van der Waals surface area contributed by atoms with E-state index in [9.17, 15) is 9.90 Å². The average Bonchev–Trinajstić information content (AvgIpc) is 2.42. The number of carbonyl (C=O) groups excluding carboxylic acids is 1. The third-order valence-electron chi connectivity index (χ3n) is 2.94. The molecule has 0 heterocycles. The molecule has 2 heteroatoms. The molecule has 0 atom stereocenters. The van der Waals surface area contributed by atoms with E-state index < -0.39 is 0 Å². The van der Waals surface area contributed by atoms with Crippen molar-refractivity contribution in [2.24, 2.45) is 0 Å². The van der Waals surface area contributed by atoms with E-state index in [1.54, 1.807) is 19.1 Å². The van der Waals surface area contributed by atoms with Crippen molar-refractivity contribution < 1.29 is 9.90 Å². The van der Waals surface area contributed by atoms with Gasteiger partial charge in [-0.3, -0.25) is 4.79 Å². The van der Waals surface area contributed by atoms with Crippen molar-refractivity contribution >= 4 is 12.4 Å². The van der Waals surface area contributed by atoms with Crippen LogP contribution in [-0.2, 0) is 0 Å². The van der Waals surface area contributed by atoms with Gasteiger partial charge in [-0.25, -0.2) is 0 Å². The minimum Gasteiger partial charge on any atom is -0.507 e. The highest BCUT2D eigenvalue weighted by Crippen LogP contribution is 2.28. The molecular formula is C16H14O2. The molecule has 0 aliphatic rings. The van der Waals surface area contributed by atoms with Crippen molar-refractivity contribution in [2.75, 3.05) is 0 Å². The quantitative estimate of drug-likeness (QED) is 0.825. The summed E-state index contributed by atoms with van der Waals surface area (Å²) in [6, 6.07) is 11.4. The standard InChI is InChI=1S/C16H14O2/c1-3-12-4-6-13(7-5-12)14-8-11(2)16(18)15(9-14)10-17/h3-10,18H,1H2,2H3. The second-order valence-corrected chi connectivity index (χ2v) is 4.17. The van der Waals surface area contributed by atoms with Crippen LogP contribution in [0.3, 0.4) is 0 Å². The molecule has 0 radical (unpaired) electrons. The zero-order valence-corrected chi connectivity index (χ0v) is 10.2. The second-order valence-electron chi connectivity index (χ2n) is 4.17. The number of phenols is 1. The van der Waals surface area contributed by atoms with Crippen molar-refractivity contribution in [1.82, 2.24) is 0 Å². The number of rotatable bonds is 3. The van der Waals surface area contributed by atoms with Crippen LogP contribution in [-0.4, -0.2) is 11.4 Å². The molecule has 18 heavy (non-hydrogen) atoms. The van der Waals surface area contributed by atoms with E-state index >= 15 is 0 Å². The third-order valence-corrected chi connectivity index (χ3v) is 2.94. The lowest BCUT2D eigenvalue weighted by Crippen LogP contribution is -1.88. The molecule has 2 rings (SSSR count). The van der Waals surface area contributed by atoms with Gasteiger partial charge in [0.25, 0.3) is 0 Å². The first-order chi connectivity index (χ1) is 8.65. The van der Waals surface area contributed by atoms with Crippen LogP contribution in [0, 0.1) is 6.92 Å². The Labute approximate surface area is 106 Å². The highest BCUT2D eigenvalue weighted by molar-refractivity contribution is 5.84. The summed E-state index contributed by atoms with van der Waals surface area (Å²) in [5.41, 5.74) is 3.99. The molecule has 0 aliphatic carbocycles. The Hall–Kier alpha value is -2.35. The Morgan fingerprint density at radius 3 is 2.33 bits per heavy atom. The molecule has 90 valence electrons. The summed E-state index contributed by atoms with van der Waals surface area (Å²) in [4.78, 5) is 10.9. The Morgan fingerprint density at radius 2 is 1.78 bits per heavy atom. The molecule has 0 aliphatic heterocycles. The van der Waals surface area contributed by atoms with Crippen LogP contribution < -0.4 is 0 Å². The van der Waals surface area contributed by atoms with Gasteiger partial charge in [0, 0.05) is 0 Å². The van der Waals surface area contributed by atoms with Gasteiger partial charge >= 0.3 is 0 Å². The summed E-state index contributed by atoms with van der Waals surface area (Å²) in [6.07, 6.45) is 2.45. The van der Waals surface area contributed by atoms with Gasteiger partial charge in [-0.2, -0.15) is 0 Å². The highest BCUT2D eigenvalue weighted by Gasteiger charge is 2.07. The van der Waals surface area contributed by atoms with Gasteiger partial charge < -0.3 is 5.11 Å². The van der Waals surface area contributed by atoms with E-state index in [0.717, 1.165) is 16.7 Å². The first kappa shape index (κ1) is 12.1. The minimum absolute atomic E-state index is 0.0523. The normalized spacial score (nSPS) is 10.1. The van der Waals surface area contributed by atoms with Crippen molar-refractivity contribution in [1.29, 1.82) is 0 Å².